The van der Waals surface area contributed by atoms with E-state index in [1.807, 2.05) is 6.92 Å². The zero-order chi connectivity index (χ0) is 9.14. The van der Waals surface area contributed by atoms with Gasteiger partial charge in [-0.05, 0) is 12.5 Å². The van der Waals surface area contributed by atoms with Gasteiger partial charge in [0, 0.05) is 17.8 Å². The van der Waals surface area contributed by atoms with E-state index in [9.17, 15) is 9.18 Å². The summed E-state index contributed by atoms with van der Waals surface area (Å²) in [6.07, 6.45) is 1.64. The van der Waals surface area contributed by atoms with Crippen LogP contribution in [0.3, 0.4) is 0 Å². The zero-order valence-corrected chi connectivity index (χ0v) is 6.80. The SMILES string of the molecule is CCC(N)c1cc(F)c[nH]c1=O. The molecule has 1 atom stereocenters. The first kappa shape index (κ1) is 8.93. The normalized spacial score (nSPS) is 12.9. The van der Waals surface area contributed by atoms with Crippen LogP contribution in [0.25, 0.3) is 0 Å². The topological polar surface area (TPSA) is 58.9 Å². The molecule has 0 aliphatic rings. The summed E-state index contributed by atoms with van der Waals surface area (Å²) in [7, 11) is 0. The quantitative estimate of drug-likeness (QED) is 0.693. The van der Waals surface area contributed by atoms with Crippen LogP contribution in [0.2, 0.25) is 0 Å². The minimum absolute atomic E-state index is 0.303. The molecule has 0 aromatic carbocycles. The van der Waals surface area contributed by atoms with Crippen LogP contribution >= 0.6 is 0 Å². The van der Waals surface area contributed by atoms with Gasteiger partial charge in [-0.25, -0.2) is 4.39 Å². The number of nitrogens with one attached hydrogen (secondary N) is 1. The van der Waals surface area contributed by atoms with E-state index >= 15 is 0 Å². The van der Waals surface area contributed by atoms with Crippen molar-refractivity contribution < 1.29 is 4.39 Å². The molecule has 1 aromatic rings. The summed E-state index contributed by atoms with van der Waals surface area (Å²) in [5.74, 6) is -0.464. The summed E-state index contributed by atoms with van der Waals surface area (Å²) < 4.78 is 12.6. The molecule has 0 aliphatic heterocycles. The smallest absolute Gasteiger partial charge is 0.252 e. The highest BCUT2D eigenvalue weighted by Crippen LogP contribution is 2.08. The van der Waals surface area contributed by atoms with Gasteiger partial charge in [-0.2, -0.15) is 0 Å². The van der Waals surface area contributed by atoms with Crippen molar-refractivity contribution in [3.8, 4) is 0 Å². The number of rotatable bonds is 2. The molecule has 4 heteroatoms. The minimum atomic E-state index is -0.464. The van der Waals surface area contributed by atoms with Crippen LogP contribution < -0.4 is 11.3 Å². The van der Waals surface area contributed by atoms with Crippen molar-refractivity contribution in [2.45, 2.75) is 19.4 Å². The Morgan fingerprint density at radius 3 is 3.00 bits per heavy atom. The summed E-state index contributed by atoms with van der Waals surface area (Å²) in [5, 5.41) is 0. The number of aromatic amines is 1. The molecule has 1 unspecified atom stereocenters. The van der Waals surface area contributed by atoms with Gasteiger partial charge in [0.05, 0.1) is 0 Å². The lowest BCUT2D eigenvalue weighted by Crippen LogP contribution is -2.21. The number of aromatic nitrogens is 1. The Morgan fingerprint density at radius 2 is 2.42 bits per heavy atom. The molecule has 3 N–H and O–H groups in total. The first-order chi connectivity index (χ1) is 5.65. The second kappa shape index (κ2) is 3.49. The monoisotopic (exact) mass is 170 g/mol. The van der Waals surface area contributed by atoms with Gasteiger partial charge in [0.25, 0.3) is 5.56 Å². The van der Waals surface area contributed by atoms with E-state index < -0.39 is 5.82 Å². The van der Waals surface area contributed by atoms with Gasteiger partial charge in [0.1, 0.15) is 5.82 Å². The third-order valence-electron chi connectivity index (χ3n) is 1.74. The summed E-state index contributed by atoms with van der Waals surface area (Å²) in [6, 6.07) is 0.789. The van der Waals surface area contributed by atoms with Crippen molar-refractivity contribution in [3.05, 3.63) is 34.0 Å². The first-order valence-electron chi connectivity index (χ1n) is 3.79. The fraction of sp³-hybridized carbons (Fsp3) is 0.375. The molecular formula is C8H11FN2O. The highest BCUT2D eigenvalue weighted by molar-refractivity contribution is 5.14. The van der Waals surface area contributed by atoms with Crippen molar-refractivity contribution in [3.63, 3.8) is 0 Å². The van der Waals surface area contributed by atoms with Crippen LogP contribution in [0.15, 0.2) is 17.1 Å². The van der Waals surface area contributed by atoms with Gasteiger partial charge < -0.3 is 10.7 Å². The predicted octanol–water partition coefficient (Wildman–Crippen LogP) is 0.924. The fourth-order valence-corrected chi connectivity index (χ4v) is 0.969. The zero-order valence-electron chi connectivity index (χ0n) is 6.80. The summed E-state index contributed by atoms with van der Waals surface area (Å²) >= 11 is 0. The highest BCUT2D eigenvalue weighted by atomic mass is 19.1. The lowest BCUT2D eigenvalue weighted by Gasteiger charge is -2.06. The summed E-state index contributed by atoms with van der Waals surface area (Å²) in [5.41, 5.74) is 5.57. The van der Waals surface area contributed by atoms with E-state index in [2.05, 4.69) is 4.98 Å². The van der Waals surface area contributed by atoms with Crippen LogP contribution in [0.1, 0.15) is 24.9 Å². The average molecular weight is 170 g/mol. The maximum Gasteiger partial charge on any atom is 0.252 e. The molecule has 3 nitrogen and oxygen atoms in total. The van der Waals surface area contributed by atoms with Crippen LogP contribution in [-0.4, -0.2) is 4.98 Å². The molecule has 0 spiro atoms. The van der Waals surface area contributed by atoms with Crippen molar-refractivity contribution in [2.24, 2.45) is 5.73 Å². The average Bonchev–Trinajstić information content (AvgIpc) is 2.08. The van der Waals surface area contributed by atoms with Crippen LogP contribution in [0.5, 0.6) is 0 Å². The molecule has 1 aromatic heterocycles. The number of nitrogens with two attached hydrogens (primary N) is 1. The van der Waals surface area contributed by atoms with Crippen molar-refractivity contribution in [1.82, 2.24) is 4.98 Å². The molecule has 0 saturated heterocycles. The molecule has 0 saturated carbocycles. The second-order valence-corrected chi connectivity index (χ2v) is 2.62. The van der Waals surface area contributed by atoms with E-state index in [4.69, 9.17) is 5.73 Å². The maximum atomic E-state index is 12.6. The molecule has 66 valence electrons. The van der Waals surface area contributed by atoms with E-state index in [1.54, 1.807) is 0 Å². The number of hydrogen-bond acceptors (Lipinski definition) is 2. The van der Waals surface area contributed by atoms with Gasteiger partial charge in [0.15, 0.2) is 0 Å². The Bertz CT molecular complexity index is 321. The van der Waals surface area contributed by atoms with Crippen molar-refractivity contribution in [2.75, 3.05) is 0 Å². The molecule has 0 radical (unpaired) electrons. The summed E-state index contributed by atoms with van der Waals surface area (Å²) in [4.78, 5) is 13.3. The Balaban J connectivity index is 3.13. The van der Waals surface area contributed by atoms with Gasteiger partial charge >= 0.3 is 0 Å². The summed E-state index contributed by atoms with van der Waals surface area (Å²) in [6.45, 7) is 1.84. The Labute approximate surface area is 69.4 Å². The third-order valence-corrected chi connectivity index (χ3v) is 1.74. The lowest BCUT2D eigenvalue weighted by molar-refractivity contribution is 0.605. The van der Waals surface area contributed by atoms with Gasteiger partial charge in [-0.1, -0.05) is 6.92 Å². The molecule has 0 aliphatic carbocycles. The minimum Gasteiger partial charge on any atom is -0.326 e. The van der Waals surface area contributed by atoms with E-state index in [0.717, 1.165) is 6.20 Å². The Kier molecular flexibility index (Phi) is 2.60. The van der Waals surface area contributed by atoms with Crippen LogP contribution in [0, 0.1) is 5.82 Å². The first-order valence-corrected chi connectivity index (χ1v) is 3.79. The number of H-pyrrole nitrogens is 1. The van der Waals surface area contributed by atoms with E-state index in [0.29, 0.717) is 12.0 Å². The van der Waals surface area contributed by atoms with Gasteiger partial charge in [0.2, 0.25) is 0 Å². The predicted molar refractivity (Wildman–Crippen MR) is 44.2 cm³/mol. The van der Waals surface area contributed by atoms with Gasteiger partial charge in [-0.15, -0.1) is 0 Å². The standard InChI is InChI=1S/C8H11FN2O/c1-2-7(10)6-3-5(9)4-11-8(6)12/h3-4,7H,2,10H2,1H3,(H,11,12). The van der Waals surface area contributed by atoms with Gasteiger partial charge in [-0.3, -0.25) is 4.79 Å². The van der Waals surface area contributed by atoms with Crippen molar-refractivity contribution >= 4 is 0 Å². The van der Waals surface area contributed by atoms with Crippen LogP contribution in [-0.2, 0) is 0 Å². The molecule has 1 rings (SSSR count). The second-order valence-electron chi connectivity index (χ2n) is 2.62. The number of halogens is 1. The molecule has 1 heterocycles. The highest BCUT2D eigenvalue weighted by Gasteiger charge is 2.08. The van der Waals surface area contributed by atoms with E-state index in [1.165, 1.54) is 6.07 Å². The third kappa shape index (κ3) is 1.71. The van der Waals surface area contributed by atoms with E-state index in [-0.39, 0.29) is 11.6 Å². The maximum absolute atomic E-state index is 12.6. The molecular weight excluding hydrogens is 159 g/mol. The molecule has 0 fully saturated rings. The Morgan fingerprint density at radius 1 is 1.75 bits per heavy atom. The molecule has 0 amide bonds. The Hall–Kier alpha value is -1.16. The fourth-order valence-electron chi connectivity index (χ4n) is 0.969. The number of hydrogen-bond donors (Lipinski definition) is 2. The lowest BCUT2D eigenvalue weighted by atomic mass is 10.1. The number of pyridine rings is 1. The van der Waals surface area contributed by atoms with Crippen LogP contribution in [0.4, 0.5) is 4.39 Å². The molecule has 12 heavy (non-hydrogen) atoms. The largest absolute Gasteiger partial charge is 0.326 e. The molecule has 0 bridgehead atoms. The van der Waals surface area contributed by atoms with Crippen molar-refractivity contribution in [1.29, 1.82) is 0 Å².